The van der Waals surface area contributed by atoms with Gasteiger partial charge in [-0.2, -0.15) is 0 Å². The van der Waals surface area contributed by atoms with Crippen molar-refractivity contribution in [1.82, 2.24) is 14.8 Å². The number of imide groups is 2. The van der Waals surface area contributed by atoms with Gasteiger partial charge in [0, 0.05) is 27.3 Å². The average molecular weight is 520 g/mol. The number of benzene rings is 2. The number of nitrogens with zero attached hydrogens (tertiary/aromatic N) is 2. The number of fused-ring (bicyclic) bond motifs is 1. The van der Waals surface area contributed by atoms with Gasteiger partial charge in [-0.25, -0.2) is 4.79 Å². The van der Waals surface area contributed by atoms with Crippen molar-refractivity contribution in [1.29, 1.82) is 0 Å². The van der Waals surface area contributed by atoms with Crippen molar-refractivity contribution < 1.29 is 14.4 Å². The summed E-state index contributed by atoms with van der Waals surface area (Å²) in [4.78, 5) is 39.7. The largest absolute Gasteiger partial charge is 0.331 e. The molecule has 3 aromatic rings. The Morgan fingerprint density at radius 3 is 2.41 bits per heavy atom. The Bertz CT molecular complexity index is 1360. The van der Waals surface area contributed by atoms with E-state index in [1.54, 1.807) is 6.08 Å². The zero-order valence-corrected chi connectivity index (χ0v) is 20.8. The highest BCUT2D eigenvalue weighted by Crippen LogP contribution is 2.33. The van der Waals surface area contributed by atoms with Gasteiger partial charge in [0.25, 0.3) is 11.8 Å². The van der Waals surface area contributed by atoms with Crippen LogP contribution in [0.25, 0.3) is 22.5 Å². The van der Waals surface area contributed by atoms with E-state index in [0.29, 0.717) is 0 Å². The van der Waals surface area contributed by atoms with E-state index in [9.17, 15) is 14.4 Å². The van der Waals surface area contributed by atoms with Crippen LogP contribution >= 0.6 is 15.9 Å². The van der Waals surface area contributed by atoms with Crippen molar-refractivity contribution in [2.75, 3.05) is 0 Å². The molecule has 0 unspecified atom stereocenters. The van der Waals surface area contributed by atoms with Crippen LogP contribution in [-0.2, 0) is 9.59 Å². The second kappa shape index (κ2) is 8.87. The topological polar surface area (TPSA) is 71.4 Å². The summed E-state index contributed by atoms with van der Waals surface area (Å²) in [7, 11) is 0. The van der Waals surface area contributed by atoms with E-state index in [1.807, 2.05) is 38.1 Å². The summed E-state index contributed by atoms with van der Waals surface area (Å²) < 4.78 is 3.16. The number of aromatic nitrogens is 1. The summed E-state index contributed by atoms with van der Waals surface area (Å²) in [6.45, 7) is 3.98. The number of amides is 4. The van der Waals surface area contributed by atoms with E-state index in [4.69, 9.17) is 0 Å². The molecule has 0 radical (unpaired) electrons. The Morgan fingerprint density at radius 1 is 0.971 bits per heavy atom. The normalized spacial score (nSPS) is 18.7. The Labute approximate surface area is 206 Å². The third-order valence-corrected chi connectivity index (χ3v) is 7.62. The second-order valence-corrected chi connectivity index (χ2v) is 9.91. The van der Waals surface area contributed by atoms with Crippen molar-refractivity contribution in [3.8, 4) is 5.69 Å². The molecular formula is C27H26BrN3O3. The predicted molar refractivity (Wildman–Crippen MR) is 136 cm³/mol. The molecule has 2 aromatic carbocycles. The number of halogens is 1. The number of hydrogen-bond donors (Lipinski definition) is 1. The van der Waals surface area contributed by atoms with Gasteiger partial charge >= 0.3 is 6.03 Å². The zero-order chi connectivity index (χ0) is 24.0. The van der Waals surface area contributed by atoms with Crippen LogP contribution in [0.15, 0.2) is 52.5 Å². The summed E-state index contributed by atoms with van der Waals surface area (Å²) in [5.41, 5.74) is 3.71. The van der Waals surface area contributed by atoms with Gasteiger partial charge in [0.05, 0.1) is 5.69 Å². The molecule has 34 heavy (non-hydrogen) atoms. The number of nitrogens with one attached hydrogen (secondary N) is 1. The molecule has 0 atom stereocenters. The molecule has 1 aliphatic carbocycles. The predicted octanol–water partition coefficient (Wildman–Crippen LogP) is 5.80. The molecule has 1 N–H and O–H groups in total. The smallest absolute Gasteiger partial charge is 0.317 e. The fourth-order valence-corrected chi connectivity index (χ4v) is 5.72. The van der Waals surface area contributed by atoms with E-state index in [1.165, 1.54) is 4.90 Å². The zero-order valence-electron chi connectivity index (χ0n) is 19.2. The maximum absolute atomic E-state index is 13.3. The van der Waals surface area contributed by atoms with Gasteiger partial charge in [-0.05, 0) is 61.9 Å². The van der Waals surface area contributed by atoms with E-state index in [2.05, 4.69) is 44.0 Å². The first-order valence-electron chi connectivity index (χ1n) is 11.6. The van der Waals surface area contributed by atoms with Gasteiger partial charge in [0.1, 0.15) is 5.57 Å². The molecule has 2 fully saturated rings. The molecule has 4 amide bonds. The van der Waals surface area contributed by atoms with Crippen molar-refractivity contribution in [3.63, 3.8) is 0 Å². The monoisotopic (exact) mass is 519 g/mol. The Hall–Kier alpha value is -3.19. The molecule has 1 aliphatic heterocycles. The van der Waals surface area contributed by atoms with E-state index in [0.717, 1.165) is 70.0 Å². The lowest BCUT2D eigenvalue weighted by atomic mass is 9.93. The number of barbiturate groups is 1. The Morgan fingerprint density at radius 2 is 1.68 bits per heavy atom. The van der Waals surface area contributed by atoms with Crippen LogP contribution in [0.1, 0.15) is 49.1 Å². The summed E-state index contributed by atoms with van der Waals surface area (Å²) in [6.07, 6.45) is 6.27. The lowest BCUT2D eigenvalue weighted by Crippen LogP contribution is -2.58. The van der Waals surface area contributed by atoms with Gasteiger partial charge in [-0.3, -0.25) is 19.8 Å². The molecule has 2 aliphatic rings. The van der Waals surface area contributed by atoms with Crippen molar-refractivity contribution in [2.24, 2.45) is 0 Å². The second-order valence-electron chi connectivity index (χ2n) is 9.06. The molecule has 7 heteroatoms. The Balaban J connectivity index is 1.57. The molecule has 174 valence electrons. The molecule has 0 spiro atoms. The maximum Gasteiger partial charge on any atom is 0.331 e. The molecule has 1 aromatic heterocycles. The summed E-state index contributed by atoms with van der Waals surface area (Å²) in [6, 6.07) is 13.5. The molecule has 0 bridgehead atoms. The summed E-state index contributed by atoms with van der Waals surface area (Å²) >= 11 is 3.64. The van der Waals surface area contributed by atoms with E-state index < -0.39 is 17.8 Å². The SMILES string of the molecule is Cc1cc(/C=C2/C(=O)NC(=O)N(C3CCCCC3)C2=O)c(C)n1-c1ccc(Br)c2ccccc12. The average Bonchev–Trinajstić information content (AvgIpc) is 3.10. The van der Waals surface area contributed by atoms with Gasteiger partial charge in [-0.15, -0.1) is 0 Å². The first kappa shape index (κ1) is 22.6. The minimum absolute atomic E-state index is 0.00564. The molecule has 2 heterocycles. The number of urea groups is 1. The highest BCUT2D eigenvalue weighted by Gasteiger charge is 2.40. The molecule has 5 rings (SSSR count). The number of carbonyl (C=O) groups is 3. The van der Waals surface area contributed by atoms with Crippen LogP contribution in [0.5, 0.6) is 0 Å². The van der Waals surface area contributed by atoms with E-state index in [-0.39, 0.29) is 11.6 Å². The van der Waals surface area contributed by atoms with Crippen LogP contribution < -0.4 is 5.32 Å². The maximum atomic E-state index is 13.3. The standard InChI is InChI=1S/C27H26BrN3O3/c1-16-14-18(17(2)30(16)24-13-12-23(28)20-10-6-7-11-21(20)24)15-22-25(32)29-27(34)31(26(22)33)19-8-4-3-5-9-19/h6-7,10-15,19H,3-5,8-9H2,1-2H3,(H,29,32,34)/b22-15-. The number of rotatable bonds is 3. The van der Waals surface area contributed by atoms with Crippen LogP contribution in [0.3, 0.4) is 0 Å². The lowest BCUT2D eigenvalue weighted by Gasteiger charge is -2.35. The molecular weight excluding hydrogens is 494 g/mol. The fraction of sp³-hybridized carbons (Fsp3) is 0.296. The highest BCUT2D eigenvalue weighted by molar-refractivity contribution is 9.10. The fourth-order valence-electron chi connectivity index (χ4n) is 5.24. The molecule has 6 nitrogen and oxygen atoms in total. The van der Waals surface area contributed by atoms with Crippen molar-refractivity contribution >= 4 is 50.6 Å². The lowest BCUT2D eigenvalue weighted by molar-refractivity contribution is -0.132. The van der Waals surface area contributed by atoms with E-state index >= 15 is 0 Å². The van der Waals surface area contributed by atoms with Crippen molar-refractivity contribution in [3.05, 3.63) is 69.5 Å². The molecule has 1 saturated carbocycles. The van der Waals surface area contributed by atoms with Gasteiger partial charge in [-0.1, -0.05) is 59.5 Å². The third-order valence-electron chi connectivity index (χ3n) is 6.93. The van der Waals surface area contributed by atoms with Gasteiger partial charge in [0.15, 0.2) is 0 Å². The summed E-state index contributed by atoms with van der Waals surface area (Å²) in [5, 5.41) is 4.58. The quantitative estimate of drug-likeness (QED) is 0.350. The minimum atomic E-state index is -0.638. The minimum Gasteiger partial charge on any atom is -0.317 e. The van der Waals surface area contributed by atoms with Crippen LogP contribution in [0.4, 0.5) is 4.79 Å². The van der Waals surface area contributed by atoms with Crippen LogP contribution in [-0.4, -0.2) is 33.4 Å². The van der Waals surface area contributed by atoms with Crippen LogP contribution in [0, 0.1) is 13.8 Å². The van der Waals surface area contributed by atoms with Crippen LogP contribution in [0.2, 0.25) is 0 Å². The first-order chi connectivity index (χ1) is 16.4. The third kappa shape index (κ3) is 3.78. The summed E-state index contributed by atoms with van der Waals surface area (Å²) in [5.74, 6) is -1.14. The molecule has 1 saturated heterocycles. The number of hydrogen-bond acceptors (Lipinski definition) is 3. The van der Waals surface area contributed by atoms with Crippen molar-refractivity contribution in [2.45, 2.75) is 52.0 Å². The Kier molecular flexibility index (Phi) is 5.90. The first-order valence-corrected chi connectivity index (χ1v) is 12.4. The van der Waals surface area contributed by atoms with Gasteiger partial charge < -0.3 is 4.57 Å². The number of carbonyl (C=O) groups excluding carboxylic acids is 3. The number of aryl methyl sites for hydroxylation is 1. The van der Waals surface area contributed by atoms with Gasteiger partial charge in [0.2, 0.25) is 0 Å². The highest BCUT2D eigenvalue weighted by atomic mass is 79.9.